The fraction of sp³-hybridized carbons (Fsp3) is 0.882. The van der Waals surface area contributed by atoms with Gasteiger partial charge in [0.2, 0.25) is 0 Å². The molecule has 0 radical (unpaired) electrons. The highest BCUT2D eigenvalue weighted by Gasteiger charge is 2.30. The summed E-state index contributed by atoms with van der Waals surface area (Å²) in [6, 6.07) is 0. The molecule has 19 heteroatoms. The molecule has 0 aromatic heterocycles. The van der Waals surface area contributed by atoms with Crippen LogP contribution in [0.1, 0.15) is 312 Å². The number of unbranched alkanes of at least 4 members (excludes halogenated alkanes) is 28. The maximum absolute atomic E-state index is 13.0. The Bertz CT molecular complexity index is 1810. The summed E-state index contributed by atoms with van der Waals surface area (Å²) in [6.45, 7) is 11.6. The van der Waals surface area contributed by atoms with E-state index in [1.807, 2.05) is 0 Å². The van der Waals surface area contributed by atoms with Crippen molar-refractivity contribution < 1.29 is 80.2 Å². The van der Waals surface area contributed by atoms with Gasteiger partial charge in [-0.3, -0.25) is 37.3 Å². The van der Waals surface area contributed by atoms with Crippen molar-refractivity contribution >= 4 is 39.5 Å². The lowest BCUT2D eigenvalue weighted by Crippen LogP contribution is -2.30. The van der Waals surface area contributed by atoms with Crippen LogP contribution in [0.2, 0.25) is 0 Å². The van der Waals surface area contributed by atoms with Gasteiger partial charge in [-0.05, 0) is 69.1 Å². The van der Waals surface area contributed by atoms with Crippen LogP contribution in [0.5, 0.6) is 0 Å². The molecule has 17 nitrogen and oxygen atoms in total. The molecule has 0 bridgehead atoms. The predicted octanol–water partition coefficient (Wildman–Crippen LogP) is 18.6. The van der Waals surface area contributed by atoms with Gasteiger partial charge in [-0.2, -0.15) is 0 Å². The van der Waals surface area contributed by atoms with Crippen LogP contribution in [0.4, 0.5) is 0 Å². The Labute approximate surface area is 529 Å². The lowest BCUT2D eigenvalue weighted by molar-refractivity contribution is -0.161. The van der Waals surface area contributed by atoms with Crippen LogP contribution in [-0.4, -0.2) is 96.7 Å². The van der Waals surface area contributed by atoms with E-state index in [-0.39, 0.29) is 25.7 Å². The lowest BCUT2D eigenvalue weighted by atomic mass is 9.99. The van der Waals surface area contributed by atoms with Crippen LogP contribution >= 0.6 is 15.6 Å². The maximum Gasteiger partial charge on any atom is 0.472 e. The second-order valence-electron chi connectivity index (χ2n) is 25.1. The normalized spacial score (nSPS) is 14.8. The second kappa shape index (κ2) is 58.6. The van der Waals surface area contributed by atoms with E-state index in [9.17, 15) is 43.2 Å². The first-order valence-corrected chi connectivity index (χ1v) is 37.7. The Morgan fingerprint density at radius 2 is 0.678 bits per heavy atom. The van der Waals surface area contributed by atoms with Gasteiger partial charge in [-0.25, -0.2) is 9.13 Å². The minimum Gasteiger partial charge on any atom is -0.462 e. The quantitative estimate of drug-likeness (QED) is 0.0169. The smallest absolute Gasteiger partial charge is 0.462 e. The van der Waals surface area contributed by atoms with Gasteiger partial charge < -0.3 is 33.8 Å². The fourth-order valence-corrected chi connectivity index (χ4v) is 11.2. The first kappa shape index (κ1) is 84.5. The largest absolute Gasteiger partial charge is 0.472 e. The van der Waals surface area contributed by atoms with E-state index in [0.717, 1.165) is 121 Å². The number of esters is 4. The van der Waals surface area contributed by atoms with Gasteiger partial charge in [-0.15, -0.1) is 0 Å². The van der Waals surface area contributed by atoms with Crippen LogP contribution in [0.25, 0.3) is 0 Å². The molecule has 0 aliphatic rings. The van der Waals surface area contributed by atoms with Gasteiger partial charge >= 0.3 is 39.5 Å². The molecular weight excluding hydrogens is 1150 g/mol. The molecule has 3 unspecified atom stereocenters. The van der Waals surface area contributed by atoms with Gasteiger partial charge in [0.25, 0.3) is 0 Å². The maximum atomic E-state index is 13.0. The monoisotopic (exact) mass is 1280 g/mol. The third kappa shape index (κ3) is 60.9. The van der Waals surface area contributed by atoms with Crippen molar-refractivity contribution in [2.45, 2.75) is 330 Å². The summed E-state index contributed by atoms with van der Waals surface area (Å²) in [5, 5.41) is 10.6. The number of hydrogen-bond acceptors (Lipinski definition) is 15. The summed E-state index contributed by atoms with van der Waals surface area (Å²) in [5.74, 6) is -0.00954. The van der Waals surface area contributed by atoms with E-state index in [0.29, 0.717) is 37.5 Å². The van der Waals surface area contributed by atoms with Crippen molar-refractivity contribution in [2.24, 2.45) is 17.8 Å². The average molecular weight is 1280 g/mol. The number of allylic oxidation sites excluding steroid dienone is 4. The summed E-state index contributed by atoms with van der Waals surface area (Å²) in [4.78, 5) is 72.3. The van der Waals surface area contributed by atoms with E-state index in [2.05, 4.69) is 72.8 Å². The first-order chi connectivity index (χ1) is 41.8. The number of aliphatic hydroxyl groups is 1. The summed E-state index contributed by atoms with van der Waals surface area (Å²) in [6.07, 6.45) is 44.1. The number of ether oxygens (including phenoxy) is 4. The van der Waals surface area contributed by atoms with E-state index in [1.54, 1.807) is 0 Å². The minimum atomic E-state index is -4.96. The van der Waals surface area contributed by atoms with Gasteiger partial charge in [-0.1, -0.05) is 259 Å². The van der Waals surface area contributed by atoms with Crippen LogP contribution in [0, 0.1) is 17.8 Å². The molecule has 0 fully saturated rings. The highest BCUT2D eigenvalue weighted by atomic mass is 31.2. The Morgan fingerprint density at radius 3 is 1.02 bits per heavy atom. The van der Waals surface area contributed by atoms with E-state index >= 15 is 0 Å². The Kier molecular flexibility index (Phi) is 57.0. The third-order valence-corrected chi connectivity index (χ3v) is 17.3. The second-order valence-corrected chi connectivity index (χ2v) is 28.0. The van der Waals surface area contributed by atoms with E-state index < -0.39 is 97.5 Å². The zero-order chi connectivity index (χ0) is 64.5. The SMILES string of the molecule is CCCCCC/C=C\C=C/CCCCCCCC(=O)O[C@H](COC(=O)CCCCCCCCC(C)C)COP(=O)(O)OC[C@H](O)COP(=O)(O)OC[C@@H](COC(=O)CCCCCCCCC(C)C)OC(=O)CCCCCCCCCCCCC(C)CC. The lowest BCUT2D eigenvalue weighted by Gasteiger charge is -2.21. The van der Waals surface area contributed by atoms with Crippen molar-refractivity contribution in [1.82, 2.24) is 0 Å². The van der Waals surface area contributed by atoms with Crippen LogP contribution in [0.3, 0.4) is 0 Å². The number of rotatable bonds is 64. The zero-order valence-corrected chi connectivity index (χ0v) is 57.7. The van der Waals surface area contributed by atoms with Crippen LogP contribution < -0.4 is 0 Å². The Balaban J connectivity index is 5.27. The molecule has 0 amide bonds. The average Bonchev–Trinajstić information content (AvgIpc) is 3.61. The number of hydrogen-bond donors (Lipinski definition) is 3. The molecule has 0 aliphatic carbocycles. The molecule has 0 saturated heterocycles. The van der Waals surface area contributed by atoms with Crippen molar-refractivity contribution in [2.75, 3.05) is 39.6 Å². The number of phosphoric acid groups is 2. The van der Waals surface area contributed by atoms with Crippen molar-refractivity contribution in [3.05, 3.63) is 24.3 Å². The van der Waals surface area contributed by atoms with Crippen molar-refractivity contribution in [1.29, 1.82) is 0 Å². The molecule has 0 rings (SSSR count). The molecule has 0 aromatic carbocycles. The highest BCUT2D eigenvalue weighted by molar-refractivity contribution is 7.47. The van der Waals surface area contributed by atoms with Crippen molar-refractivity contribution in [3.8, 4) is 0 Å². The number of carbonyl (C=O) groups excluding carboxylic acids is 4. The fourth-order valence-electron chi connectivity index (χ4n) is 9.61. The Morgan fingerprint density at radius 1 is 0.379 bits per heavy atom. The molecular formula is C68H128O17P2. The molecule has 0 spiro atoms. The first-order valence-electron chi connectivity index (χ1n) is 34.7. The van der Waals surface area contributed by atoms with Crippen molar-refractivity contribution in [3.63, 3.8) is 0 Å². The van der Waals surface area contributed by atoms with Gasteiger partial charge in [0, 0.05) is 25.7 Å². The van der Waals surface area contributed by atoms with Crippen LogP contribution in [0.15, 0.2) is 24.3 Å². The number of phosphoric ester groups is 2. The van der Waals surface area contributed by atoms with Gasteiger partial charge in [0.05, 0.1) is 26.4 Å². The third-order valence-electron chi connectivity index (χ3n) is 15.4. The minimum absolute atomic E-state index is 0.0833. The molecule has 6 atom stereocenters. The highest BCUT2D eigenvalue weighted by Crippen LogP contribution is 2.45. The summed E-state index contributed by atoms with van der Waals surface area (Å²) in [7, 11) is -9.91. The zero-order valence-electron chi connectivity index (χ0n) is 56.0. The summed E-state index contributed by atoms with van der Waals surface area (Å²) >= 11 is 0. The molecule has 3 N–H and O–H groups in total. The molecule has 0 aromatic rings. The molecule has 0 saturated carbocycles. The van der Waals surface area contributed by atoms with Gasteiger partial charge in [0.15, 0.2) is 12.2 Å². The summed E-state index contributed by atoms with van der Waals surface area (Å²) in [5.41, 5.74) is 0. The molecule has 0 heterocycles. The summed E-state index contributed by atoms with van der Waals surface area (Å²) < 4.78 is 68.1. The van der Waals surface area contributed by atoms with Gasteiger partial charge in [0.1, 0.15) is 19.3 Å². The Hall–Kier alpha value is -2.46. The number of carbonyl (C=O) groups is 4. The predicted molar refractivity (Wildman–Crippen MR) is 349 cm³/mol. The molecule has 0 aliphatic heterocycles. The van der Waals surface area contributed by atoms with Crippen LogP contribution in [-0.2, 0) is 65.4 Å². The van der Waals surface area contributed by atoms with E-state index in [4.69, 9.17) is 37.0 Å². The number of aliphatic hydroxyl groups excluding tert-OH is 1. The topological polar surface area (TPSA) is 237 Å². The standard InChI is InChI=1S/C68H128O17P2/c1-8-10-11-12-13-14-15-16-17-18-19-23-26-37-44-51-67(72)84-63(55-78-65(70)49-42-35-30-28-32-39-46-59(3)4)57-82-86(74,75)80-53-62(69)54-81-87(76,77)83-58-64(56-79-66(71)50-43-36-31-29-33-40-47-60(5)6)85-68(73)52-45-38-27-24-21-20-22-25-34-41-48-61(7)9-2/h14-17,59-64,69H,8-13,18-58H2,1-7H3,(H,74,75)(H,76,77)/b15-14-,17-16-/t61?,62-,63+,64+/m0/s1. The van der Waals surface area contributed by atoms with E-state index in [1.165, 1.54) is 96.3 Å². The molecule has 87 heavy (non-hydrogen) atoms. The molecule has 512 valence electrons.